The molecule has 5 nitrogen and oxygen atoms in total. The normalized spacial score (nSPS) is 17.2. The first kappa shape index (κ1) is 18.3. The SMILES string of the molecule is O=C(Cc1c[nH]c2ccccc12)N[C@@H]1CCN(c2cncc(C(F)(F)F)c2)C1. The molecular weight excluding hydrogens is 369 g/mol. The Hall–Kier alpha value is -3.03. The first-order chi connectivity index (χ1) is 13.4. The number of halogens is 3. The molecule has 1 aromatic carbocycles. The third-order valence-electron chi connectivity index (χ3n) is 5.00. The quantitative estimate of drug-likeness (QED) is 0.719. The van der Waals surface area contributed by atoms with Crippen LogP contribution in [0.3, 0.4) is 0 Å². The Morgan fingerprint density at radius 3 is 2.93 bits per heavy atom. The molecule has 3 aromatic rings. The molecule has 1 aliphatic heterocycles. The molecule has 1 aliphatic rings. The molecule has 4 rings (SSSR count). The van der Waals surface area contributed by atoms with Gasteiger partial charge in [-0.05, 0) is 24.1 Å². The van der Waals surface area contributed by atoms with E-state index >= 15 is 0 Å². The van der Waals surface area contributed by atoms with Gasteiger partial charge in [-0.25, -0.2) is 0 Å². The minimum Gasteiger partial charge on any atom is -0.368 e. The number of fused-ring (bicyclic) bond motifs is 1. The van der Waals surface area contributed by atoms with Gasteiger partial charge in [-0.3, -0.25) is 9.78 Å². The van der Waals surface area contributed by atoms with E-state index in [1.54, 1.807) is 0 Å². The van der Waals surface area contributed by atoms with E-state index in [-0.39, 0.29) is 18.4 Å². The highest BCUT2D eigenvalue weighted by atomic mass is 19.4. The van der Waals surface area contributed by atoms with Gasteiger partial charge in [-0.1, -0.05) is 18.2 Å². The molecule has 0 aliphatic carbocycles. The molecule has 146 valence electrons. The summed E-state index contributed by atoms with van der Waals surface area (Å²) in [5.41, 5.74) is 1.56. The molecule has 1 atom stereocenters. The number of nitrogens with one attached hydrogen (secondary N) is 2. The number of carbonyl (C=O) groups excluding carboxylic acids is 1. The lowest BCUT2D eigenvalue weighted by Gasteiger charge is -2.20. The molecule has 28 heavy (non-hydrogen) atoms. The van der Waals surface area contributed by atoms with Crippen molar-refractivity contribution >= 4 is 22.5 Å². The number of aromatic nitrogens is 2. The summed E-state index contributed by atoms with van der Waals surface area (Å²) in [7, 11) is 0. The molecule has 8 heteroatoms. The number of pyridine rings is 1. The van der Waals surface area contributed by atoms with Crippen LogP contribution in [0.4, 0.5) is 18.9 Å². The third kappa shape index (κ3) is 3.81. The van der Waals surface area contributed by atoms with Gasteiger partial charge in [0.2, 0.25) is 5.91 Å². The van der Waals surface area contributed by atoms with Crippen LogP contribution >= 0.6 is 0 Å². The second kappa shape index (κ2) is 7.18. The van der Waals surface area contributed by atoms with Gasteiger partial charge in [-0.2, -0.15) is 13.2 Å². The number of benzene rings is 1. The third-order valence-corrected chi connectivity index (χ3v) is 5.00. The number of anilines is 1. The number of carbonyl (C=O) groups is 1. The molecule has 3 heterocycles. The standard InChI is InChI=1S/C20H19F3N4O/c21-20(22,23)14-8-16(11-24-10-14)27-6-5-15(12-27)26-19(28)7-13-9-25-18-4-2-1-3-17(13)18/h1-4,8-11,15,25H,5-7,12H2,(H,26,28)/t15-/m1/s1. The molecule has 1 saturated heterocycles. The fourth-order valence-electron chi connectivity index (χ4n) is 3.60. The molecular formula is C20H19F3N4O. The van der Waals surface area contributed by atoms with Crippen LogP contribution in [-0.2, 0) is 17.4 Å². The average Bonchev–Trinajstić information content (AvgIpc) is 3.29. The molecule has 0 bridgehead atoms. The highest BCUT2D eigenvalue weighted by molar-refractivity contribution is 5.89. The number of rotatable bonds is 4. The van der Waals surface area contributed by atoms with Gasteiger partial charge in [0.1, 0.15) is 0 Å². The van der Waals surface area contributed by atoms with Crippen molar-refractivity contribution in [3.63, 3.8) is 0 Å². The van der Waals surface area contributed by atoms with Gasteiger partial charge in [0.05, 0.1) is 23.9 Å². The minimum absolute atomic E-state index is 0.0984. The summed E-state index contributed by atoms with van der Waals surface area (Å²) in [5.74, 6) is -0.0984. The van der Waals surface area contributed by atoms with E-state index in [0.29, 0.717) is 25.2 Å². The lowest BCUT2D eigenvalue weighted by molar-refractivity contribution is -0.137. The van der Waals surface area contributed by atoms with Crippen LogP contribution in [0.5, 0.6) is 0 Å². The molecule has 0 spiro atoms. The van der Waals surface area contributed by atoms with E-state index in [1.807, 2.05) is 35.4 Å². The van der Waals surface area contributed by atoms with Crippen molar-refractivity contribution in [1.82, 2.24) is 15.3 Å². The van der Waals surface area contributed by atoms with Crippen molar-refractivity contribution in [2.24, 2.45) is 0 Å². The summed E-state index contributed by atoms with van der Waals surface area (Å²) < 4.78 is 38.6. The van der Waals surface area contributed by atoms with Crippen LogP contribution in [0, 0.1) is 0 Å². The molecule has 2 aromatic heterocycles. The molecule has 1 fully saturated rings. The van der Waals surface area contributed by atoms with Crippen LogP contribution in [0.25, 0.3) is 10.9 Å². The molecule has 0 saturated carbocycles. The van der Waals surface area contributed by atoms with Crippen LogP contribution < -0.4 is 10.2 Å². The first-order valence-electron chi connectivity index (χ1n) is 9.02. The van der Waals surface area contributed by atoms with Gasteiger partial charge < -0.3 is 15.2 Å². The van der Waals surface area contributed by atoms with Crippen molar-refractivity contribution in [1.29, 1.82) is 0 Å². The van der Waals surface area contributed by atoms with Crippen LogP contribution in [-0.4, -0.2) is 35.0 Å². The fourth-order valence-corrected chi connectivity index (χ4v) is 3.60. The summed E-state index contributed by atoms with van der Waals surface area (Å²) in [4.78, 5) is 21.1. The highest BCUT2D eigenvalue weighted by Crippen LogP contribution is 2.31. The first-order valence-corrected chi connectivity index (χ1v) is 9.02. The Morgan fingerprint density at radius 1 is 1.29 bits per heavy atom. The summed E-state index contributed by atoms with van der Waals surface area (Å²) in [6, 6.07) is 8.77. The highest BCUT2D eigenvalue weighted by Gasteiger charge is 2.32. The Kier molecular flexibility index (Phi) is 4.70. The monoisotopic (exact) mass is 388 g/mol. The summed E-state index contributed by atoms with van der Waals surface area (Å²) in [6.45, 7) is 1.03. The Morgan fingerprint density at radius 2 is 2.11 bits per heavy atom. The predicted octanol–water partition coefficient (Wildman–Crippen LogP) is 3.52. The number of nitrogens with zero attached hydrogens (tertiary/aromatic N) is 2. The molecule has 2 N–H and O–H groups in total. The second-order valence-electron chi connectivity index (χ2n) is 6.96. The fraction of sp³-hybridized carbons (Fsp3) is 0.300. The number of alkyl halides is 3. The zero-order valence-corrected chi connectivity index (χ0v) is 15.0. The number of aromatic amines is 1. The lowest BCUT2D eigenvalue weighted by Crippen LogP contribution is -2.38. The number of para-hydroxylation sites is 1. The van der Waals surface area contributed by atoms with Crippen molar-refractivity contribution < 1.29 is 18.0 Å². The second-order valence-corrected chi connectivity index (χ2v) is 6.96. The average molecular weight is 388 g/mol. The van der Waals surface area contributed by atoms with E-state index < -0.39 is 11.7 Å². The van der Waals surface area contributed by atoms with E-state index in [9.17, 15) is 18.0 Å². The van der Waals surface area contributed by atoms with E-state index in [2.05, 4.69) is 15.3 Å². The number of hydrogen-bond donors (Lipinski definition) is 2. The van der Waals surface area contributed by atoms with Crippen LogP contribution in [0.1, 0.15) is 17.5 Å². The zero-order valence-electron chi connectivity index (χ0n) is 15.0. The summed E-state index contributed by atoms with van der Waals surface area (Å²) >= 11 is 0. The molecule has 0 radical (unpaired) electrons. The van der Waals surface area contributed by atoms with Gasteiger partial charge in [0.25, 0.3) is 0 Å². The minimum atomic E-state index is -4.42. The Bertz CT molecular complexity index is 998. The smallest absolute Gasteiger partial charge is 0.368 e. The topological polar surface area (TPSA) is 61.0 Å². The number of H-pyrrole nitrogens is 1. The maximum Gasteiger partial charge on any atom is 0.417 e. The van der Waals surface area contributed by atoms with Crippen molar-refractivity contribution in [2.45, 2.75) is 25.1 Å². The maximum absolute atomic E-state index is 12.9. The maximum atomic E-state index is 12.9. The van der Waals surface area contributed by atoms with Crippen molar-refractivity contribution in [3.05, 3.63) is 60.0 Å². The van der Waals surface area contributed by atoms with Crippen LogP contribution in [0.15, 0.2) is 48.9 Å². The van der Waals surface area contributed by atoms with E-state index in [4.69, 9.17) is 0 Å². The zero-order chi connectivity index (χ0) is 19.7. The van der Waals surface area contributed by atoms with E-state index in [1.165, 1.54) is 6.20 Å². The van der Waals surface area contributed by atoms with Gasteiger partial charge in [-0.15, -0.1) is 0 Å². The van der Waals surface area contributed by atoms with Crippen molar-refractivity contribution in [3.8, 4) is 0 Å². The lowest BCUT2D eigenvalue weighted by atomic mass is 10.1. The van der Waals surface area contributed by atoms with Gasteiger partial charge >= 0.3 is 6.18 Å². The van der Waals surface area contributed by atoms with Crippen LogP contribution in [0.2, 0.25) is 0 Å². The Labute approximate surface area is 159 Å². The van der Waals surface area contributed by atoms with Gasteiger partial charge in [0, 0.05) is 42.4 Å². The van der Waals surface area contributed by atoms with Crippen molar-refractivity contribution in [2.75, 3.05) is 18.0 Å². The number of amides is 1. The largest absolute Gasteiger partial charge is 0.417 e. The molecule has 0 unspecified atom stereocenters. The van der Waals surface area contributed by atoms with Gasteiger partial charge in [0.15, 0.2) is 0 Å². The number of hydrogen-bond acceptors (Lipinski definition) is 3. The Balaban J connectivity index is 1.38. The predicted molar refractivity (Wildman–Crippen MR) is 100 cm³/mol. The molecule has 1 amide bonds. The summed E-state index contributed by atoms with van der Waals surface area (Å²) in [6.07, 6.45) is 0.585. The summed E-state index contributed by atoms with van der Waals surface area (Å²) in [5, 5.41) is 4.00. The van der Waals surface area contributed by atoms with E-state index in [0.717, 1.165) is 28.7 Å².